The predicted molar refractivity (Wildman–Crippen MR) is 74.9 cm³/mol. The van der Waals surface area contributed by atoms with Crippen molar-refractivity contribution in [3.05, 3.63) is 72.3 Å². The van der Waals surface area contributed by atoms with E-state index in [1.807, 2.05) is 48.8 Å². The van der Waals surface area contributed by atoms with Gasteiger partial charge in [0.2, 0.25) is 0 Å². The molecule has 0 atom stereocenters. The Kier molecular flexibility index (Phi) is 2.84. The number of benzene rings is 1. The van der Waals surface area contributed by atoms with Crippen LogP contribution in [0.4, 0.5) is 0 Å². The highest BCUT2D eigenvalue weighted by molar-refractivity contribution is 5.90. The van der Waals surface area contributed by atoms with Crippen LogP contribution in [0.15, 0.2) is 61.1 Å². The molecule has 1 aromatic carbocycles. The maximum Gasteiger partial charge on any atom is 0.0723 e. The predicted octanol–water partition coefficient (Wildman–Crippen LogP) is 3.80. The number of nitrogens with zero attached hydrogens (tertiary/aromatic N) is 2. The van der Waals surface area contributed by atoms with Crippen LogP contribution in [0, 0.1) is 0 Å². The van der Waals surface area contributed by atoms with Crippen LogP contribution in [-0.4, -0.2) is 9.97 Å². The molecule has 2 heteroatoms. The van der Waals surface area contributed by atoms with Crippen LogP contribution < -0.4 is 0 Å². The zero-order valence-corrected chi connectivity index (χ0v) is 9.82. The fraction of sp³-hybridized carbons (Fsp3) is 0. The molecule has 0 aliphatic heterocycles. The van der Waals surface area contributed by atoms with Crippen LogP contribution in [0.2, 0.25) is 0 Å². The third kappa shape index (κ3) is 2.13. The van der Waals surface area contributed by atoms with Crippen molar-refractivity contribution in [2.24, 2.45) is 0 Å². The van der Waals surface area contributed by atoms with Crippen molar-refractivity contribution in [2.45, 2.75) is 0 Å². The number of pyridine rings is 2. The Hall–Kier alpha value is -2.48. The molecule has 0 N–H and O–H groups in total. The molecule has 0 radical (unpaired) electrons. The Bertz CT molecular complexity index is 682. The summed E-state index contributed by atoms with van der Waals surface area (Å²) in [4.78, 5) is 8.55. The van der Waals surface area contributed by atoms with Crippen LogP contribution >= 0.6 is 0 Å². The van der Waals surface area contributed by atoms with Crippen molar-refractivity contribution in [3.8, 4) is 0 Å². The maximum atomic E-state index is 4.40. The number of rotatable bonds is 2. The third-order valence-corrected chi connectivity index (χ3v) is 2.83. The Morgan fingerprint density at radius 3 is 2.56 bits per heavy atom. The molecule has 0 saturated carbocycles. The normalized spacial score (nSPS) is 11.1. The van der Waals surface area contributed by atoms with Gasteiger partial charge in [-0.05, 0) is 29.2 Å². The van der Waals surface area contributed by atoms with Crippen molar-refractivity contribution < 1.29 is 0 Å². The lowest BCUT2D eigenvalue weighted by Gasteiger charge is -2.00. The first kappa shape index (κ1) is 10.7. The number of fused-ring (bicyclic) bond motifs is 1. The minimum Gasteiger partial charge on any atom is -0.264 e. The summed E-state index contributed by atoms with van der Waals surface area (Å²) < 4.78 is 0. The average Bonchev–Trinajstić information content (AvgIpc) is 2.46. The lowest BCUT2D eigenvalue weighted by molar-refractivity contribution is 1.30. The minimum absolute atomic E-state index is 0.949. The van der Waals surface area contributed by atoms with Gasteiger partial charge < -0.3 is 0 Å². The van der Waals surface area contributed by atoms with Crippen LogP contribution in [0.1, 0.15) is 11.3 Å². The van der Waals surface area contributed by atoms with Gasteiger partial charge in [0.15, 0.2) is 0 Å². The van der Waals surface area contributed by atoms with Gasteiger partial charge in [-0.25, -0.2) is 0 Å². The molecule has 0 saturated heterocycles. The van der Waals surface area contributed by atoms with Gasteiger partial charge >= 0.3 is 0 Å². The van der Waals surface area contributed by atoms with Crippen LogP contribution in [0.3, 0.4) is 0 Å². The highest BCUT2D eigenvalue weighted by Gasteiger charge is 1.98. The lowest BCUT2D eigenvalue weighted by Crippen LogP contribution is -1.84. The zero-order chi connectivity index (χ0) is 12.2. The standard InChI is InChI=1S/C16H12N2/c1-2-4-13(5-3-1)6-7-16-15-12-17-10-8-14(15)9-11-18-16/h1-12H. The van der Waals surface area contributed by atoms with Gasteiger partial charge in [-0.1, -0.05) is 36.4 Å². The van der Waals surface area contributed by atoms with E-state index in [-0.39, 0.29) is 0 Å². The molecule has 18 heavy (non-hydrogen) atoms. The highest BCUT2D eigenvalue weighted by Crippen LogP contribution is 2.17. The first-order valence-corrected chi connectivity index (χ1v) is 5.85. The molecule has 0 bridgehead atoms. The van der Waals surface area contributed by atoms with Crippen molar-refractivity contribution in [3.63, 3.8) is 0 Å². The van der Waals surface area contributed by atoms with Gasteiger partial charge in [0.25, 0.3) is 0 Å². The second-order valence-corrected chi connectivity index (χ2v) is 4.04. The monoisotopic (exact) mass is 232 g/mol. The summed E-state index contributed by atoms with van der Waals surface area (Å²) in [5.74, 6) is 0. The Morgan fingerprint density at radius 1 is 0.833 bits per heavy atom. The molecule has 2 aromatic heterocycles. The number of hydrogen-bond acceptors (Lipinski definition) is 2. The van der Waals surface area contributed by atoms with E-state index < -0.39 is 0 Å². The largest absolute Gasteiger partial charge is 0.264 e. The first-order valence-electron chi connectivity index (χ1n) is 5.85. The van der Waals surface area contributed by atoms with Crippen LogP contribution in [0.5, 0.6) is 0 Å². The molecule has 3 aromatic rings. The van der Waals surface area contributed by atoms with Gasteiger partial charge in [0, 0.05) is 24.0 Å². The second-order valence-electron chi connectivity index (χ2n) is 4.04. The van der Waals surface area contributed by atoms with Gasteiger partial charge in [-0.2, -0.15) is 0 Å². The first-order chi connectivity index (χ1) is 8.93. The molecule has 0 amide bonds. The summed E-state index contributed by atoms with van der Waals surface area (Å²) in [7, 11) is 0. The van der Waals surface area contributed by atoms with Crippen molar-refractivity contribution in [1.82, 2.24) is 9.97 Å². The second kappa shape index (κ2) is 4.80. The van der Waals surface area contributed by atoms with Crippen molar-refractivity contribution in [2.75, 3.05) is 0 Å². The van der Waals surface area contributed by atoms with Gasteiger partial charge in [0.05, 0.1) is 5.69 Å². The molecule has 3 rings (SSSR count). The summed E-state index contributed by atoms with van der Waals surface area (Å²) in [5.41, 5.74) is 2.12. The zero-order valence-electron chi connectivity index (χ0n) is 9.82. The van der Waals surface area contributed by atoms with E-state index in [0.717, 1.165) is 16.5 Å². The summed E-state index contributed by atoms with van der Waals surface area (Å²) in [6, 6.07) is 14.2. The fourth-order valence-corrected chi connectivity index (χ4v) is 1.90. The topological polar surface area (TPSA) is 25.8 Å². The van der Waals surface area contributed by atoms with E-state index in [9.17, 15) is 0 Å². The van der Waals surface area contributed by atoms with Gasteiger partial charge in [-0.15, -0.1) is 0 Å². The van der Waals surface area contributed by atoms with E-state index in [1.54, 1.807) is 6.20 Å². The summed E-state index contributed by atoms with van der Waals surface area (Å²) in [6.07, 6.45) is 9.57. The van der Waals surface area contributed by atoms with E-state index in [2.05, 4.69) is 28.2 Å². The Balaban J connectivity index is 2.03. The van der Waals surface area contributed by atoms with E-state index in [1.165, 1.54) is 5.56 Å². The molecule has 0 spiro atoms. The third-order valence-electron chi connectivity index (χ3n) is 2.83. The lowest BCUT2D eigenvalue weighted by atomic mass is 10.1. The van der Waals surface area contributed by atoms with Crippen LogP contribution in [0.25, 0.3) is 22.9 Å². The molecule has 2 nitrogen and oxygen atoms in total. The molecule has 86 valence electrons. The maximum absolute atomic E-state index is 4.40. The van der Waals surface area contributed by atoms with Gasteiger partial charge in [-0.3, -0.25) is 9.97 Å². The molecule has 0 aliphatic carbocycles. The van der Waals surface area contributed by atoms with E-state index >= 15 is 0 Å². The molecule has 0 fully saturated rings. The van der Waals surface area contributed by atoms with Gasteiger partial charge in [0.1, 0.15) is 0 Å². The fourth-order valence-electron chi connectivity index (χ4n) is 1.90. The van der Waals surface area contributed by atoms with Crippen LogP contribution in [-0.2, 0) is 0 Å². The molecule has 2 heterocycles. The quantitative estimate of drug-likeness (QED) is 0.671. The van der Waals surface area contributed by atoms with Crippen molar-refractivity contribution in [1.29, 1.82) is 0 Å². The summed E-state index contributed by atoms with van der Waals surface area (Å²) >= 11 is 0. The summed E-state index contributed by atoms with van der Waals surface area (Å²) in [6.45, 7) is 0. The molecular weight excluding hydrogens is 220 g/mol. The number of hydrogen-bond donors (Lipinski definition) is 0. The Labute approximate surface area is 106 Å². The smallest absolute Gasteiger partial charge is 0.0723 e. The minimum atomic E-state index is 0.949. The molecule has 0 unspecified atom stereocenters. The van der Waals surface area contributed by atoms with Crippen molar-refractivity contribution >= 4 is 22.9 Å². The van der Waals surface area contributed by atoms with E-state index in [0.29, 0.717) is 0 Å². The SMILES string of the molecule is C(=Cc1nccc2ccncc12)c1ccccc1. The average molecular weight is 232 g/mol. The van der Waals surface area contributed by atoms with E-state index in [4.69, 9.17) is 0 Å². The highest BCUT2D eigenvalue weighted by atomic mass is 14.7. The summed E-state index contributed by atoms with van der Waals surface area (Å²) in [5, 5.41) is 2.24. The number of aromatic nitrogens is 2. The molecular formula is C16H12N2. The Morgan fingerprint density at radius 2 is 1.67 bits per heavy atom. The molecule has 0 aliphatic rings.